The second-order valence-electron chi connectivity index (χ2n) is 7.47. The number of anilines is 2. The van der Waals surface area contributed by atoms with Gasteiger partial charge in [0.15, 0.2) is 0 Å². The maximum absolute atomic E-state index is 14.3. The number of aromatic nitrogens is 1. The van der Waals surface area contributed by atoms with Crippen molar-refractivity contribution in [1.29, 1.82) is 0 Å². The molecule has 26 heavy (non-hydrogen) atoms. The molecule has 1 saturated carbocycles. The van der Waals surface area contributed by atoms with Gasteiger partial charge in [-0.15, -0.1) is 0 Å². The Labute approximate surface area is 151 Å². The lowest BCUT2D eigenvalue weighted by Gasteiger charge is -2.33. The number of nitrogens with zero attached hydrogens (tertiary/aromatic N) is 2. The van der Waals surface area contributed by atoms with E-state index in [1.807, 2.05) is 0 Å². The van der Waals surface area contributed by atoms with Crippen molar-refractivity contribution in [3.63, 3.8) is 0 Å². The van der Waals surface area contributed by atoms with Crippen molar-refractivity contribution >= 4 is 11.5 Å². The molecule has 1 aliphatic heterocycles. The van der Waals surface area contributed by atoms with Crippen molar-refractivity contribution in [2.24, 2.45) is 17.6 Å². The predicted molar refractivity (Wildman–Crippen MR) is 93.6 cm³/mol. The molecule has 0 unspecified atom stereocenters. The van der Waals surface area contributed by atoms with E-state index in [1.165, 1.54) is 0 Å². The number of halogens is 4. The Morgan fingerprint density at radius 1 is 1.08 bits per heavy atom. The van der Waals surface area contributed by atoms with Crippen LogP contribution >= 0.6 is 0 Å². The molecule has 1 aromatic rings. The summed E-state index contributed by atoms with van der Waals surface area (Å²) < 4.78 is 52.5. The van der Waals surface area contributed by atoms with E-state index in [-0.39, 0.29) is 32.0 Å². The van der Waals surface area contributed by atoms with Crippen LogP contribution in [0.2, 0.25) is 0 Å². The van der Waals surface area contributed by atoms with Crippen molar-refractivity contribution in [1.82, 2.24) is 4.98 Å². The van der Waals surface area contributed by atoms with Crippen molar-refractivity contribution in [2.45, 2.75) is 50.7 Å². The van der Waals surface area contributed by atoms with Gasteiger partial charge < -0.3 is 16.0 Å². The number of hydrogen-bond donors (Lipinski definition) is 2. The molecule has 0 bridgehead atoms. The largest absolute Gasteiger partial charge is 0.391 e. The zero-order valence-corrected chi connectivity index (χ0v) is 14.7. The first kappa shape index (κ1) is 19.2. The van der Waals surface area contributed by atoms with Gasteiger partial charge in [-0.1, -0.05) is 0 Å². The summed E-state index contributed by atoms with van der Waals surface area (Å²) in [5.41, 5.74) is 6.23. The summed E-state index contributed by atoms with van der Waals surface area (Å²) in [6.07, 6.45) is -0.0283. The quantitative estimate of drug-likeness (QED) is 0.619. The Morgan fingerprint density at radius 2 is 1.73 bits per heavy atom. The summed E-state index contributed by atoms with van der Waals surface area (Å²) in [5, 5.41) is 3.11. The molecule has 0 atom stereocenters. The fourth-order valence-electron chi connectivity index (χ4n) is 3.82. The number of nitrogens with one attached hydrogen (secondary N) is 1. The molecular formula is C18H26F4N4. The van der Waals surface area contributed by atoms with Gasteiger partial charge in [0.05, 0.1) is 11.6 Å². The molecule has 1 aromatic heterocycles. The van der Waals surface area contributed by atoms with E-state index in [0.717, 1.165) is 25.7 Å². The third-order valence-electron chi connectivity index (χ3n) is 5.59. The number of alkyl halides is 3. The van der Waals surface area contributed by atoms with E-state index in [1.54, 1.807) is 17.0 Å². The molecule has 4 nitrogen and oxygen atoms in total. The molecule has 1 aliphatic carbocycles. The summed E-state index contributed by atoms with van der Waals surface area (Å²) in [7, 11) is 0. The van der Waals surface area contributed by atoms with Crippen LogP contribution in [-0.2, 0) is 0 Å². The third kappa shape index (κ3) is 4.78. The number of nitrogens with two attached hydrogens (primary N) is 1. The fraction of sp³-hybridized carbons (Fsp3) is 0.722. The number of piperidine rings is 1. The van der Waals surface area contributed by atoms with Crippen molar-refractivity contribution in [2.75, 3.05) is 29.9 Å². The van der Waals surface area contributed by atoms with E-state index in [2.05, 4.69) is 10.3 Å². The second kappa shape index (κ2) is 7.98. The highest BCUT2D eigenvalue weighted by molar-refractivity contribution is 5.50. The van der Waals surface area contributed by atoms with Crippen molar-refractivity contribution < 1.29 is 17.6 Å². The average Bonchev–Trinajstić information content (AvgIpc) is 2.61. The summed E-state index contributed by atoms with van der Waals surface area (Å²) in [4.78, 5) is 5.68. The summed E-state index contributed by atoms with van der Waals surface area (Å²) in [5.74, 6) is -0.992. The topological polar surface area (TPSA) is 54.2 Å². The zero-order valence-electron chi connectivity index (χ0n) is 14.7. The number of hydrogen-bond acceptors (Lipinski definition) is 4. The number of pyridine rings is 1. The van der Waals surface area contributed by atoms with Crippen LogP contribution in [0, 0.1) is 17.8 Å². The van der Waals surface area contributed by atoms with Crippen LogP contribution in [0.1, 0.15) is 38.5 Å². The smallest absolute Gasteiger partial charge is 0.381 e. The molecule has 2 fully saturated rings. The molecule has 3 rings (SSSR count). The first-order valence-electron chi connectivity index (χ1n) is 9.30. The van der Waals surface area contributed by atoms with Gasteiger partial charge in [0.2, 0.25) is 5.95 Å². The Hall–Kier alpha value is -1.57. The highest BCUT2D eigenvalue weighted by Gasteiger charge is 2.41. The maximum Gasteiger partial charge on any atom is 0.391 e. The second-order valence-corrected chi connectivity index (χ2v) is 7.47. The van der Waals surface area contributed by atoms with E-state index < -0.39 is 18.0 Å². The van der Waals surface area contributed by atoms with Crippen LogP contribution in [0.15, 0.2) is 12.1 Å². The van der Waals surface area contributed by atoms with Gasteiger partial charge in [-0.25, -0.2) is 4.98 Å². The van der Waals surface area contributed by atoms with Crippen molar-refractivity contribution in [3.8, 4) is 0 Å². The third-order valence-corrected chi connectivity index (χ3v) is 5.59. The molecular weight excluding hydrogens is 348 g/mol. The van der Waals surface area contributed by atoms with Gasteiger partial charge in [0, 0.05) is 25.7 Å². The molecule has 3 N–H and O–H groups in total. The molecule has 2 aliphatic rings. The molecule has 0 aromatic carbocycles. The molecule has 146 valence electrons. The van der Waals surface area contributed by atoms with Crippen LogP contribution in [0.5, 0.6) is 0 Å². The van der Waals surface area contributed by atoms with Gasteiger partial charge in [-0.3, -0.25) is 0 Å². The van der Waals surface area contributed by atoms with Crippen molar-refractivity contribution in [3.05, 3.63) is 18.1 Å². The molecule has 0 spiro atoms. The lowest BCUT2D eigenvalue weighted by Crippen LogP contribution is -2.39. The minimum atomic E-state index is -4.15. The normalized spacial score (nSPS) is 25.3. The molecule has 8 heteroatoms. The standard InChI is InChI=1S/C18H26F4N4/c19-17-15(24-11-12-1-3-14(23)4-2-12)5-6-16(25-17)26-9-7-13(8-10-26)18(20,21)22/h5-6,12-14,24H,1-4,7-11,23H2. The maximum atomic E-state index is 14.3. The monoisotopic (exact) mass is 374 g/mol. The Bertz CT molecular complexity index is 591. The fourth-order valence-corrected chi connectivity index (χ4v) is 3.82. The predicted octanol–water partition coefficient (Wildman–Crippen LogP) is 3.93. The van der Waals surface area contributed by atoms with Crippen LogP contribution in [0.3, 0.4) is 0 Å². The highest BCUT2D eigenvalue weighted by atomic mass is 19.4. The Balaban J connectivity index is 1.53. The van der Waals surface area contributed by atoms with Gasteiger partial charge in [-0.05, 0) is 56.6 Å². The summed E-state index contributed by atoms with van der Waals surface area (Å²) in [6.45, 7) is 1.17. The minimum absolute atomic E-state index is 0.0244. The SMILES string of the molecule is NC1CCC(CNc2ccc(N3CCC(C(F)(F)F)CC3)nc2F)CC1. The number of rotatable bonds is 4. The van der Waals surface area contributed by atoms with E-state index >= 15 is 0 Å². The Kier molecular flexibility index (Phi) is 5.89. The van der Waals surface area contributed by atoms with E-state index in [0.29, 0.717) is 24.0 Å². The molecule has 2 heterocycles. The zero-order chi connectivity index (χ0) is 18.7. The van der Waals surface area contributed by atoms with Gasteiger partial charge >= 0.3 is 6.18 Å². The minimum Gasteiger partial charge on any atom is -0.381 e. The molecule has 0 radical (unpaired) electrons. The average molecular weight is 374 g/mol. The Morgan fingerprint density at radius 3 is 2.31 bits per heavy atom. The van der Waals surface area contributed by atoms with Crippen LogP contribution in [0.4, 0.5) is 29.1 Å². The summed E-state index contributed by atoms with van der Waals surface area (Å²) >= 11 is 0. The highest BCUT2D eigenvalue weighted by Crippen LogP contribution is 2.35. The van der Waals surface area contributed by atoms with Gasteiger partial charge in [0.25, 0.3) is 0 Å². The van der Waals surface area contributed by atoms with E-state index in [9.17, 15) is 17.6 Å². The lowest BCUT2D eigenvalue weighted by atomic mass is 9.86. The van der Waals surface area contributed by atoms with Gasteiger partial charge in [0.1, 0.15) is 5.82 Å². The van der Waals surface area contributed by atoms with Crippen LogP contribution in [0.25, 0.3) is 0 Å². The first-order valence-corrected chi connectivity index (χ1v) is 9.30. The molecule has 0 amide bonds. The van der Waals surface area contributed by atoms with Crippen LogP contribution < -0.4 is 16.0 Å². The summed E-state index contributed by atoms with van der Waals surface area (Å²) in [6, 6.07) is 3.59. The van der Waals surface area contributed by atoms with Crippen LogP contribution in [-0.4, -0.2) is 36.8 Å². The van der Waals surface area contributed by atoms with E-state index in [4.69, 9.17) is 5.73 Å². The molecule has 1 saturated heterocycles. The first-order chi connectivity index (χ1) is 12.3. The lowest BCUT2D eigenvalue weighted by molar-refractivity contribution is -0.179. The van der Waals surface area contributed by atoms with Gasteiger partial charge in [-0.2, -0.15) is 17.6 Å².